The third-order valence-corrected chi connectivity index (χ3v) is 4.58. The molecule has 102 valence electrons. The minimum atomic E-state index is 0.710. The second-order valence-electron chi connectivity index (χ2n) is 5.00. The zero-order chi connectivity index (χ0) is 12.6. The van der Waals surface area contributed by atoms with E-state index >= 15 is 0 Å². The van der Waals surface area contributed by atoms with Gasteiger partial charge in [-0.1, -0.05) is 6.07 Å². The van der Waals surface area contributed by atoms with Crippen molar-refractivity contribution < 1.29 is 0 Å². The van der Waals surface area contributed by atoms with Crippen molar-refractivity contribution in [3.05, 3.63) is 22.4 Å². The van der Waals surface area contributed by atoms with E-state index in [1.54, 1.807) is 0 Å². The van der Waals surface area contributed by atoms with Crippen LogP contribution in [0.2, 0.25) is 0 Å². The Bertz CT molecular complexity index is 307. The average Bonchev–Trinajstić information content (AvgIpc) is 2.92. The smallest absolute Gasteiger partial charge is 0.0110 e. The fourth-order valence-corrected chi connectivity index (χ4v) is 3.12. The lowest BCUT2D eigenvalue weighted by Crippen LogP contribution is -2.48. The molecule has 2 heterocycles. The van der Waals surface area contributed by atoms with Crippen LogP contribution in [0.4, 0.5) is 0 Å². The highest BCUT2D eigenvalue weighted by Gasteiger charge is 2.15. The summed E-state index contributed by atoms with van der Waals surface area (Å²) in [6.07, 6.45) is 2.42. The van der Waals surface area contributed by atoms with Gasteiger partial charge in [-0.15, -0.1) is 11.3 Å². The van der Waals surface area contributed by atoms with Gasteiger partial charge in [0.25, 0.3) is 0 Å². The van der Waals surface area contributed by atoms with Crippen LogP contribution in [0.3, 0.4) is 0 Å². The van der Waals surface area contributed by atoms with Crippen molar-refractivity contribution in [1.82, 2.24) is 15.5 Å². The predicted molar refractivity (Wildman–Crippen MR) is 79.4 cm³/mol. The van der Waals surface area contributed by atoms with Gasteiger partial charge in [0.05, 0.1) is 0 Å². The van der Waals surface area contributed by atoms with E-state index in [0.29, 0.717) is 6.04 Å². The molecule has 1 aliphatic rings. The van der Waals surface area contributed by atoms with Crippen molar-refractivity contribution in [2.24, 2.45) is 0 Å². The standard InChI is InChI=1S/C14H25N3S/c1-13(17-10-8-16-9-11-17)4-6-15-7-5-14-3-2-12-18-14/h2-3,12-13,15-16H,4-11H2,1H3. The molecule has 0 spiro atoms. The summed E-state index contributed by atoms with van der Waals surface area (Å²) in [5, 5.41) is 9.12. The van der Waals surface area contributed by atoms with Gasteiger partial charge in [0, 0.05) is 37.1 Å². The fraction of sp³-hybridized carbons (Fsp3) is 0.714. The van der Waals surface area contributed by atoms with Crippen molar-refractivity contribution in [3.63, 3.8) is 0 Å². The number of hydrogen-bond donors (Lipinski definition) is 2. The van der Waals surface area contributed by atoms with Crippen LogP contribution in [-0.4, -0.2) is 50.2 Å². The van der Waals surface area contributed by atoms with Crippen molar-refractivity contribution in [3.8, 4) is 0 Å². The molecule has 2 N–H and O–H groups in total. The molecule has 0 radical (unpaired) electrons. The maximum absolute atomic E-state index is 3.56. The van der Waals surface area contributed by atoms with Crippen LogP contribution in [0.5, 0.6) is 0 Å². The fourth-order valence-electron chi connectivity index (χ4n) is 2.41. The summed E-state index contributed by atoms with van der Waals surface area (Å²) in [6.45, 7) is 9.30. The summed E-state index contributed by atoms with van der Waals surface area (Å²) in [5.41, 5.74) is 0. The molecule has 1 fully saturated rings. The lowest BCUT2D eigenvalue weighted by atomic mass is 10.2. The molecule has 1 atom stereocenters. The lowest BCUT2D eigenvalue weighted by molar-refractivity contribution is 0.176. The highest BCUT2D eigenvalue weighted by atomic mass is 32.1. The van der Waals surface area contributed by atoms with E-state index in [4.69, 9.17) is 0 Å². The van der Waals surface area contributed by atoms with Gasteiger partial charge in [0.15, 0.2) is 0 Å². The van der Waals surface area contributed by atoms with Gasteiger partial charge < -0.3 is 10.6 Å². The Balaban J connectivity index is 1.52. The van der Waals surface area contributed by atoms with Crippen LogP contribution in [0.15, 0.2) is 17.5 Å². The Morgan fingerprint density at radius 2 is 2.22 bits per heavy atom. The summed E-state index contributed by atoms with van der Waals surface area (Å²) in [5.74, 6) is 0. The van der Waals surface area contributed by atoms with Gasteiger partial charge >= 0.3 is 0 Å². The maximum Gasteiger partial charge on any atom is 0.0110 e. The predicted octanol–water partition coefficient (Wildman–Crippen LogP) is 1.56. The van der Waals surface area contributed by atoms with E-state index in [0.717, 1.165) is 26.2 Å². The molecule has 0 aromatic carbocycles. The Kier molecular flexibility index (Phi) is 6.14. The zero-order valence-corrected chi connectivity index (χ0v) is 12.1. The SMILES string of the molecule is CC(CCNCCc1cccs1)N1CCNCC1. The molecule has 4 heteroatoms. The molecule has 0 saturated carbocycles. The quantitative estimate of drug-likeness (QED) is 0.734. The average molecular weight is 267 g/mol. The first-order valence-corrected chi connectivity index (χ1v) is 7.92. The molecular weight excluding hydrogens is 242 g/mol. The maximum atomic E-state index is 3.56. The Morgan fingerprint density at radius 1 is 1.39 bits per heavy atom. The number of hydrogen-bond acceptors (Lipinski definition) is 4. The van der Waals surface area contributed by atoms with Crippen LogP contribution in [0.25, 0.3) is 0 Å². The minimum absolute atomic E-state index is 0.710. The second kappa shape index (κ2) is 7.89. The van der Waals surface area contributed by atoms with Gasteiger partial charge in [-0.3, -0.25) is 4.90 Å². The van der Waals surface area contributed by atoms with Gasteiger partial charge in [0.2, 0.25) is 0 Å². The van der Waals surface area contributed by atoms with Crippen molar-refractivity contribution in [2.75, 3.05) is 39.3 Å². The van der Waals surface area contributed by atoms with E-state index in [1.807, 2.05) is 11.3 Å². The summed E-state index contributed by atoms with van der Waals surface area (Å²) < 4.78 is 0. The molecule has 0 bridgehead atoms. The van der Waals surface area contributed by atoms with Crippen molar-refractivity contribution >= 4 is 11.3 Å². The number of piperazine rings is 1. The zero-order valence-electron chi connectivity index (χ0n) is 11.3. The van der Waals surface area contributed by atoms with Gasteiger partial charge in [-0.2, -0.15) is 0 Å². The van der Waals surface area contributed by atoms with E-state index < -0.39 is 0 Å². The Labute approximate surface area is 115 Å². The number of rotatable bonds is 7. The number of thiophene rings is 1. The molecule has 1 aromatic rings. The normalized spacial score (nSPS) is 18.9. The molecule has 1 saturated heterocycles. The van der Waals surface area contributed by atoms with Crippen molar-refractivity contribution in [2.45, 2.75) is 25.8 Å². The monoisotopic (exact) mass is 267 g/mol. The second-order valence-corrected chi connectivity index (χ2v) is 6.04. The first-order chi connectivity index (χ1) is 8.86. The van der Waals surface area contributed by atoms with Gasteiger partial charge in [-0.25, -0.2) is 0 Å². The molecule has 3 nitrogen and oxygen atoms in total. The highest BCUT2D eigenvalue weighted by molar-refractivity contribution is 7.09. The first-order valence-electron chi connectivity index (χ1n) is 7.04. The lowest BCUT2D eigenvalue weighted by Gasteiger charge is -2.32. The largest absolute Gasteiger partial charge is 0.316 e. The molecule has 0 amide bonds. The summed E-state index contributed by atoms with van der Waals surface area (Å²) in [6, 6.07) is 5.06. The Morgan fingerprint density at radius 3 is 2.94 bits per heavy atom. The molecule has 18 heavy (non-hydrogen) atoms. The summed E-state index contributed by atoms with van der Waals surface area (Å²) in [7, 11) is 0. The van der Waals surface area contributed by atoms with Crippen LogP contribution in [0.1, 0.15) is 18.2 Å². The van der Waals surface area contributed by atoms with E-state index in [1.165, 1.54) is 30.8 Å². The molecule has 1 aromatic heterocycles. The van der Waals surface area contributed by atoms with Gasteiger partial charge in [0.1, 0.15) is 0 Å². The summed E-state index contributed by atoms with van der Waals surface area (Å²) in [4.78, 5) is 4.08. The molecule has 1 unspecified atom stereocenters. The topological polar surface area (TPSA) is 27.3 Å². The first kappa shape index (κ1) is 14.0. The third kappa shape index (κ3) is 4.69. The minimum Gasteiger partial charge on any atom is -0.316 e. The number of nitrogens with one attached hydrogen (secondary N) is 2. The molecule has 0 aliphatic carbocycles. The van der Waals surface area contributed by atoms with Crippen LogP contribution >= 0.6 is 11.3 Å². The molecule has 2 rings (SSSR count). The molecule has 1 aliphatic heterocycles. The van der Waals surface area contributed by atoms with E-state index in [-0.39, 0.29) is 0 Å². The Hall–Kier alpha value is -0.420. The van der Waals surface area contributed by atoms with Crippen LogP contribution < -0.4 is 10.6 Å². The van der Waals surface area contributed by atoms with Crippen molar-refractivity contribution in [1.29, 1.82) is 0 Å². The van der Waals surface area contributed by atoms with Crippen LogP contribution in [-0.2, 0) is 6.42 Å². The van der Waals surface area contributed by atoms with Crippen LogP contribution in [0, 0.1) is 0 Å². The third-order valence-electron chi connectivity index (χ3n) is 3.64. The van der Waals surface area contributed by atoms with Gasteiger partial charge in [-0.05, 0) is 44.3 Å². The summed E-state index contributed by atoms with van der Waals surface area (Å²) >= 11 is 1.85. The number of nitrogens with zero attached hydrogens (tertiary/aromatic N) is 1. The van der Waals surface area contributed by atoms with E-state index in [9.17, 15) is 0 Å². The highest BCUT2D eigenvalue weighted by Crippen LogP contribution is 2.08. The van der Waals surface area contributed by atoms with E-state index in [2.05, 4.69) is 40.0 Å². The molecular formula is C14H25N3S.